The third-order valence-corrected chi connectivity index (χ3v) is 3.35. The van der Waals surface area contributed by atoms with Gasteiger partial charge in [-0.1, -0.05) is 12.1 Å². The lowest BCUT2D eigenvalue weighted by molar-refractivity contribution is -0.131. The maximum atomic E-state index is 11.9. The second kappa shape index (κ2) is 6.25. The second-order valence-electron chi connectivity index (χ2n) is 5.26. The average molecular weight is 266 g/mol. The number of thioether (sulfide) groups is 1. The fraction of sp³-hybridized carbons (Fsp3) is 0.500. The van der Waals surface area contributed by atoms with E-state index in [0.29, 0.717) is 13.0 Å². The average Bonchev–Trinajstić information content (AvgIpc) is 2.27. The Hall–Kier alpha value is -1.00. The summed E-state index contributed by atoms with van der Waals surface area (Å²) in [7, 11) is 1.82. The molecule has 0 saturated heterocycles. The second-order valence-corrected chi connectivity index (χ2v) is 6.14. The molecule has 3 nitrogen and oxygen atoms in total. The molecule has 0 unspecified atom stereocenters. The highest BCUT2D eigenvalue weighted by Crippen LogP contribution is 2.16. The van der Waals surface area contributed by atoms with Crippen LogP contribution in [-0.2, 0) is 11.3 Å². The Bertz CT molecular complexity index is 395. The van der Waals surface area contributed by atoms with E-state index in [2.05, 4.69) is 24.3 Å². The summed E-state index contributed by atoms with van der Waals surface area (Å²) in [5, 5.41) is 0. The van der Waals surface area contributed by atoms with Crippen LogP contribution in [0.1, 0.15) is 25.8 Å². The Morgan fingerprint density at radius 3 is 2.33 bits per heavy atom. The van der Waals surface area contributed by atoms with Crippen LogP contribution in [0, 0.1) is 0 Å². The zero-order chi connectivity index (χ0) is 13.8. The number of benzene rings is 1. The number of rotatable bonds is 5. The molecule has 0 fully saturated rings. The van der Waals surface area contributed by atoms with Crippen LogP contribution in [0.25, 0.3) is 0 Å². The molecule has 1 rings (SSSR count). The van der Waals surface area contributed by atoms with Gasteiger partial charge in [0.15, 0.2) is 0 Å². The Labute approximate surface area is 114 Å². The number of hydrogen-bond donors (Lipinski definition) is 1. The molecule has 1 aromatic rings. The van der Waals surface area contributed by atoms with Crippen LogP contribution < -0.4 is 5.73 Å². The van der Waals surface area contributed by atoms with Crippen LogP contribution in [0.2, 0.25) is 0 Å². The van der Waals surface area contributed by atoms with Crippen molar-refractivity contribution >= 4 is 17.7 Å². The normalized spacial score (nSPS) is 11.4. The smallest absolute Gasteiger partial charge is 0.224 e. The summed E-state index contributed by atoms with van der Waals surface area (Å²) in [4.78, 5) is 14.9. The van der Waals surface area contributed by atoms with E-state index >= 15 is 0 Å². The van der Waals surface area contributed by atoms with Gasteiger partial charge in [0.1, 0.15) is 0 Å². The predicted octanol–water partition coefficient (Wildman–Crippen LogP) is 2.49. The molecule has 2 N–H and O–H groups in total. The standard InChI is InChI=1S/C14H22N2OS/c1-14(2,15)9-13(17)16(3)10-11-5-7-12(18-4)8-6-11/h5-8H,9-10,15H2,1-4H3. The Morgan fingerprint density at radius 2 is 1.89 bits per heavy atom. The van der Waals surface area contributed by atoms with Gasteiger partial charge in [0, 0.05) is 30.4 Å². The quantitative estimate of drug-likeness (QED) is 0.833. The monoisotopic (exact) mass is 266 g/mol. The Balaban J connectivity index is 2.58. The molecule has 0 heterocycles. The first kappa shape index (κ1) is 15.1. The van der Waals surface area contributed by atoms with E-state index < -0.39 is 5.54 Å². The molecule has 4 heteroatoms. The van der Waals surface area contributed by atoms with Crippen molar-refractivity contribution in [2.45, 2.75) is 37.2 Å². The minimum Gasteiger partial charge on any atom is -0.341 e. The van der Waals surface area contributed by atoms with Gasteiger partial charge in [-0.3, -0.25) is 4.79 Å². The molecule has 0 aliphatic rings. The first-order valence-electron chi connectivity index (χ1n) is 5.97. The van der Waals surface area contributed by atoms with E-state index in [1.165, 1.54) is 4.90 Å². The van der Waals surface area contributed by atoms with E-state index in [0.717, 1.165) is 5.56 Å². The van der Waals surface area contributed by atoms with Crippen LogP contribution in [0.3, 0.4) is 0 Å². The predicted molar refractivity (Wildman–Crippen MR) is 77.6 cm³/mol. The summed E-state index contributed by atoms with van der Waals surface area (Å²) in [5.41, 5.74) is 6.54. The minimum atomic E-state index is -0.450. The van der Waals surface area contributed by atoms with Gasteiger partial charge in [-0.2, -0.15) is 0 Å². The maximum absolute atomic E-state index is 11.9. The number of amides is 1. The Kier molecular flexibility index (Phi) is 5.23. The van der Waals surface area contributed by atoms with Gasteiger partial charge in [-0.05, 0) is 37.8 Å². The van der Waals surface area contributed by atoms with Gasteiger partial charge in [-0.25, -0.2) is 0 Å². The summed E-state index contributed by atoms with van der Waals surface area (Å²) in [6.07, 6.45) is 2.42. The van der Waals surface area contributed by atoms with Gasteiger partial charge >= 0.3 is 0 Å². The minimum absolute atomic E-state index is 0.0800. The van der Waals surface area contributed by atoms with Crippen molar-refractivity contribution in [2.75, 3.05) is 13.3 Å². The van der Waals surface area contributed by atoms with Gasteiger partial charge in [-0.15, -0.1) is 11.8 Å². The summed E-state index contributed by atoms with van der Waals surface area (Å²) >= 11 is 1.71. The van der Waals surface area contributed by atoms with Crippen molar-refractivity contribution in [2.24, 2.45) is 5.73 Å². The van der Waals surface area contributed by atoms with Crippen LogP contribution in [0.4, 0.5) is 0 Å². The molecule has 0 aliphatic heterocycles. The third kappa shape index (κ3) is 5.10. The van der Waals surface area contributed by atoms with Gasteiger partial charge < -0.3 is 10.6 Å². The van der Waals surface area contributed by atoms with Crippen molar-refractivity contribution in [1.29, 1.82) is 0 Å². The third-order valence-electron chi connectivity index (χ3n) is 2.61. The molecular formula is C14H22N2OS. The summed E-state index contributed by atoms with van der Waals surface area (Å²) in [6.45, 7) is 4.36. The zero-order valence-corrected chi connectivity index (χ0v) is 12.4. The van der Waals surface area contributed by atoms with Crippen molar-refractivity contribution in [3.05, 3.63) is 29.8 Å². The molecule has 0 atom stereocenters. The molecule has 0 bridgehead atoms. The molecule has 1 aromatic carbocycles. The summed E-state index contributed by atoms with van der Waals surface area (Å²) in [5.74, 6) is 0.0800. The highest BCUT2D eigenvalue weighted by Gasteiger charge is 2.19. The summed E-state index contributed by atoms with van der Waals surface area (Å²) in [6, 6.07) is 8.27. The van der Waals surface area contributed by atoms with Crippen molar-refractivity contribution in [3.63, 3.8) is 0 Å². The van der Waals surface area contributed by atoms with Crippen LogP contribution in [0.15, 0.2) is 29.2 Å². The van der Waals surface area contributed by atoms with Crippen molar-refractivity contribution < 1.29 is 4.79 Å². The lowest BCUT2D eigenvalue weighted by atomic mass is 10.0. The lowest BCUT2D eigenvalue weighted by Crippen LogP contribution is -2.39. The molecule has 0 spiro atoms. The molecule has 0 saturated carbocycles. The SMILES string of the molecule is CSc1ccc(CN(C)C(=O)CC(C)(C)N)cc1. The molecule has 0 aromatic heterocycles. The van der Waals surface area contributed by atoms with E-state index in [-0.39, 0.29) is 5.91 Å². The van der Waals surface area contributed by atoms with E-state index in [1.54, 1.807) is 16.7 Å². The van der Waals surface area contributed by atoms with Crippen LogP contribution in [0.5, 0.6) is 0 Å². The zero-order valence-electron chi connectivity index (χ0n) is 11.6. The first-order valence-corrected chi connectivity index (χ1v) is 7.20. The lowest BCUT2D eigenvalue weighted by Gasteiger charge is -2.23. The van der Waals surface area contributed by atoms with E-state index in [9.17, 15) is 4.79 Å². The number of nitrogens with two attached hydrogens (primary N) is 1. The van der Waals surface area contributed by atoms with E-state index in [4.69, 9.17) is 5.73 Å². The number of carbonyl (C=O) groups excluding carboxylic acids is 1. The fourth-order valence-electron chi connectivity index (χ4n) is 1.62. The highest BCUT2D eigenvalue weighted by molar-refractivity contribution is 7.98. The largest absolute Gasteiger partial charge is 0.341 e. The van der Waals surface area contributed by atoms with Crippen LogP contribution in [-0.4, -0.2) is 29.6 Å². The summed E-state index contributed by atoms with van der Waals surface area (Å²) < 4.78 is 0. The number of carbonyl (C=O) groups is 1. The molecule has 100 valence electrons. The molecule has 0 radical (unpaired) electrons. The number of hydrogen-bond acceptors (Lipinski definition) is 3. The van der Waals surface area contributed by atoms with Gasteiger partial charge in [0.05, 0.1) is 0 Å². The van der Waals surface area contributed by atoms with Crippen molar-refractivity contribution in [3.8, 4) is 0 Å². The molecule has 0 aliphatic carbocycles. The van der Waals surface area contributed by atoms with E-state index in [1.807, 2.05) is 27.2 Å². The first-order chi connectivity index (χ1) is 8.31. The Morgan fingerprint density at radius 1 is 1.33 bits per heavy atom. The van der Waals surface area contributed by atoms with Crippen molar-refractivity contribution in [1.82, 2.24) is 4.90 Å². The molecule has 18 heavy (non-hydrogen) atoms. The topological polar surface area (TPSA) is 46.3 Å². The fourth-order valence-corrected chi connectivity index (χ4v) is 2.03. The van der Waals surface area contributed by atoms with Gasteiger partial charge in [0.25, 0.3) is 0 Å². The highest BCUT2D eigenvalue weighted by atomic mass is 32.2. The van der Waals surface area contributed by atoms with Gasteiger partial charge in [0.2, 0.25) is 5.91 Å². The molecule has 1 amide bonds. The van der Waals surface area contributed by atoms with Crippen LogP contribution >= 0.6 is 11.8 Å². The number of nitrogens with zero attached hydrogens (tertiary/aromatic N) is 1. The maximum Gasteiger partial charge on any atom is 0.224 e. The molecular weight excluding hydrogens is 244 g/mol.